The summed E-state index contributed by atoms with van der Waals surface area (Å²) < 4.78 is 1.52. The summed E-state index contributed by atoms with van der Waals surface area (Å²) in [5.74, 6) is -0.492. The van der Waals surface area contributed by atoms with E-state index in [1.165, 1.54) is 16.5 Å². The first kappa shape index (κ1) is 26.7. The predicted octanol–water partition coefficient (Wildman–Crippen LogP) is 4.88. The third kappa shape index (κ3) is 5.80. The van der Waals surface area contributed by atoms with E-state index in [-0.39, 0.29) is 24.1 Å². The molecule has 4 rings (SSSR count). The molecule has 8 heteroatoms. The van der Waals surface area contributed by atoms with Crippen molar-refractivity contribution in [3.05, 3.63) is 89.5 Å². The average Bonchev–Trinajstić information content (AvgIpc) is 3.30. The van der Waals surface area contributed by atoms with Crippen LogP contribution < -0.4 is 10.2 Å². The number of rotatable bonds is 10. The van der Waals surface area contributed by atoms with E-state index in [1.807, 2.05) is 55.5 Å². The number of para-hydroxylation sites is 2. The molecule has 2 amide bonds. The Bertz CT molecular complexity index is 1460. The summed E-state index contributed by atoms with van der Waals surface area (Å²) in [6.45, 7) is 7.86. The second-order valence-corrected chi connectivity index (χ2v) is 9.81. The third-order valence-electron chi connectivity index (χ3n) is 6.53. The number of anilines is 1. The molecule has 1 unspecified atom stereocenters. The van der Waals surface area contributed by atoms with Crippen LogP contribution in [0.3, 0.4) is 0 Å². The van der Waals surface area contributed by atoms with Crippen LogP contribution >= 0.6 is 0 Å². The van der Waals surface area contributed by atoms with Gasteiger partial charge in [-0.3, -0.25) is 19.3 Å². The maximum atomic E-state index is 14.2. The van der Waals surface area contributed by atoms with Gasteiger partial charge in [-0.2, -0.15) is 0 Å². The summed E-state index contributed by atoms with van der Waals surface area (Å²) in [7, 11) is 0. The molecule has 0 aliphatic rings. The number of ketones is 1. The van der Waals surface area contributed by atoms with Crippen LogP contribution in [0.1, 0.15) is 54.7 Å². The Kier molecular flexibility index (Phi) is 8.31. The van der Waals surface area contributed by atoms with Gasteiger partial charge in [0.05, 0.1) is 11.2 Å². The maximum Gasteiger partial charge on any atom is 0.249 e. The van der Waals surface area contributed by atoms with Crippen molar-refractivity contribution >= 4 is 34.3 Å². The molecular formula is C30H33N5O3. The van der Waals surface area contributed by atoms with Crippen molar-refractivity contribution < 1.29 is 14.4 Å². The molecule has 0 radical (unpaired) electrons. The van der Waals surface area contributed by atoms with E-state index in [4.69, 9.17) is 0 Å². The first-order valence-electron chi connectivity index (χ1n) is 12.8. The highest BCUT2D eigenvalue weighted by atomic mass is 16.2. The lowest BCUT2D eigenvalue weighted by Crippen LogP contribution is -2.46. The molecule has 0 spiro atoms. The number of amides is 2. The highest BCUT2D eigenvalue weighted by molar-refractivity contribution is 6.08. The van der Waals surface area contributed by atoms with Crippen molar-refractivity contribution in [2.24, 2.45) is 5.92 Å². The fraction of sp³-hybridized carbons (Fsp3) is 0.300. The van der Waals surface area contributed by atoms with Crippen molar-refractivity contribution in [3.8, 4) is 0 Å². The highest BCUT2D eigenvalue weighted by Gasteiger charge is 2.35. The lowest BCUT2D eigenvalue weighted by molar-refractivity contribution is -0.127. The number of fused-ring (bicyclic) bond motifs is 1. The second kappa shape index (κ2) is 11.8. The van der Waals surface area contributed by atoms with Crippen molar-refractivity contribution in [1.82, 2.24) is 20.3 Å². The van der Waals surface area contributed by atoms with Crippen LogP contribution in [-0.4, -0.2) is 39.1 Å². The molecule has 38 heavy (non-hydrogen) atoms. The highest BCUT2D eigenvalue weighted by Crippen LogP contribution is 2.33. The maximum absolute atomic E-state index is 14.2. The Morgan fingerprint density at radius 2 is 1.63 bits per heavy atom. The number of nitrogens with one attached hydrogen (secondary N) is 1. The molecule has 8 nitrogen and oxygen atoms in total. The zero-order chi connectivity index (χ0) is 27.2. The Balaban J connectivity index is 1.85. The molecule has 1 atom stereocenters. The largest absolute Gasteiger partial charge is 0.354 e. The molecule has 1 aromatic heterocycles. The molecule has 0 saturated heterocycles. The standard InChI is InChI=1S/C30H33N5O3/c1-20(2)17-18-31-30(38)29(23-12-6-5-11-21(23)3)35(26-15-9-7-13-24(26)22(4)36)28(37)19-34-27-16-10-8-14-25(27)32-33-34/h5-16,20,29H,17-19H2,1-4H3,(H,31,38). The molecule has 1 heterocycles. The van der Waals surface area contributed by atoms with Gasteiger partial charge in [-0.05, 0) is 61.6 Å². The number of hydrogen-bond donors (Lipinski definition) is 1. The summed E-state index contributed by atoms with van der Waals surface area (Å²) in [6, 6.07) is 20.8. The first-order chi connectivity index (χ1) is 18.3. The predicted molar refractivity (Wildman–Crippen MR) is 148 cm³/mol. The smallest absolute Gasteiger partial charge is 0.249 e. The molecule has 3 aromatic carbocycles. The van der Waals surface area contributed by atoms with Crippen molar-refractivity contribution in [1.29, 1.82) is 0 Å². The quantitative estimate of drug-likeness (QED) is 0.306. The number of nitrogens with zero attached hydrogens (tertiary/aromatic N) is 4. The van der Waals surface area contributed by atoms with Gasteiger partial charge < -0.3 is 5.32 Å². The number of aryl methyl sites for hydroxylation is 1. The number of hydrogen-bond acceptors (Lipinski definition) is 5. The number of Topliss-reactive ketones (excluding diaryl/α,β-unsaturated/α-hetero) is 1. The Hall–Kier alpha value is -4.33. The topological polar surface area (TPSA) is 97.2 Å². The molecule has 196 valence electrons. The van der Waals surface area contributed by atoms with E-state index in [9.17, 15) is 14.4 Å². The molecule has 0 fully saturated rings. The zero-order valence-corrected chi connectivity index (χ0v) is 22.2. The minimum absolute atomic E-state index is 0.158. The Labute approximate surface area is 222 Å². The van der Waals surface area contributed by atoms with Crippen LogP contribution in [0.15, 0.2) is 72.8 Å². The Morgan fingerprint density at radius 3 is 2.37 bits per heavy atom. The molecule has 1 N–H and O–H groups in total. The van der Waals surface area contributed by atoms with E-state index in [2.05, 4.69) is 29.5 Å². The lowest BCUT2D eigenvalue weighted by Gasteiger charge is -2.33. The van der Waals surface area contributed by atoms with Gasteiger partial charge in [0.1, 0.15) is 18.1 Å². The van der Waals surface area contributed by atoms with Gasteiger partial charge in [0.2, 0.25) is 11.8 Å². The van der Waals surface area contributed by atoms with E-state index in [0.717, 1.165) is 12.0 Å². The van der Waals surface area contributed by atoms with Gasteiger partial charge in [-0.25, -0.2) is 4.68 Å². The van der Waals surface area contributed by atoms with Crippen LogP contribution in [0.25, 0.3) is 11.0 Å². The van der Waals surface area contributed by atoms with Gasteiger partial charge in [-0.1, -0.05) is 67.6 Å². The summed E-state index contributed by atoms with van der Waals surface area (Å²) in [5, 5.41) is 11.4. The van der Waals surface area contributed by atoms with Gasteiger partial charge in [0.15, 0.2) is 5.78 Å². The molecule has 0 aliphatic heterocycles. The number of benzene rings is 3. The van der Waals surface area contributed by atoms with Crippen LogP contribution in [-0.2, 0) is 16.1 Å². The van der Waals surface area contributed by atoms with Crippen molar-refractivity contribution in [3.63, 3.8) is 0 Å². The molecule has 0 saturated carbocycles. The van der Waals surface area contributed by atoms with Crippen LogP contribution in [0, 0.1) is 12.8 Å². The minimum atomic E-state index is -0.994. The van der Waals surface area contributed by atoms with Crippen molar-refractivity contribution in [2.45, 2.75) is 46.7 Å². The summed E-state index contributed by atoms with van der Waals surface area (Å²) in [5.41, 5.74) is 3.65. The second-order valence-electron chi connectivity index (χ2n) is 9.81. The SMILES string of the molecule is CC(=O)c1ccccc1N(C(=O)Cn1nnc2ccccc21)C(C(=O)NCCC(C)C)c1ccccc1C. The first-order valence-corrected chi connectivity index (χ1v) is 12.8. The summed E-state index contributed by atoms with van der Waals surface area (Å²) >= 11 is 0. The molecular weight excluding hydrogens is 478 g/mol. The van der Waals surface area contributed by atoms with E-state index in [1.54, 1.807) is 24.3 Å². The summed E-state index contributed by atoms with van der Waals surface area (Å²) in [4.78, 5) is 42.2. The lowest BCUT2D eigenvalue weighted by atomic mass is 9.96. The van der Waals surface area contributed by atoms with Crippen LogP contribution in [0.5, 0.6) is 0 Å². The monoisotopic (exact) mass is 511 g/mol. The number of carbonyl (C=O) groups excluding carboxylic acids is 3. The molecule has 0 bridgehead atoms. The van der Waals surface area contributed by atoms with E-state index in [0.29, 0.717) is 40.3 Å². The third-order valence-corrected chi connectivity index (χ3v) is 6.53. The number of aromatic nitrogens is 3. The van der Waals surface area contributed by atoms with Crippen LogP contribution in [0.2, 0.25) is 0 Å². The fourth-order valence-corrected chi connectivity index (χ4v) is 4.51. The zero-order valence-electron chi connectivity index (χ0n) is 22.2. The summed E-state index contributed by atoms with van der Waals surface area (Å²) in [6.07, 6.45) is 0.801. The van der Waals surface area contributed by atoms with Crippen LogP contribution in [0.4, 0.5) is 5.69 Å². The van der Waals surface area contributed by atoms with Gasteiger partial charge >= 0.3 is 0 Å². The van der Waals surface area contributed by atoms with Gasteiger partial charge in [0.25, 0.3) is 0 Å². The normalized spacial score (nSPS) is 11.9. The number of carbonyl (C=O) groups is 3. The van der Waals surface area contributed by atoms with E-state index >= 15 is 0 Å². The van der Waals surface area contributed by atoms with Crippen molar-refractivity contribution in [2.75, 3.05) is 11.4 Å². The molecule has 4 aromatic rings. The fourth-order valence-electron chi connectivity index (χ4n) is 4.51. The van der Waals surface area contributed by atoms with E-state index < -0.39 is 6.04 Å². The Morgan fingerprint density at radius 1 is 0.947 bits per heavy atom. The van der Waals surface area contributed by atoms with Gasteiger partial charge in [-0.15, -0.1) is 5.10 Å². The van der Waals surface area contributed by atoms with Gasteiger partial charge in [0, 0.05) is 12.1 Å². The average molecular weight is 512 g/mol. The molecule has 0 aliphatic carbocycles. The minimum Gasteiger partial charge on any atom is -0.354 e.